The topological polar surface area (TPSA) is 32.8 Å². The molecule has 0 amide bonds. The van der Waals surface area contributed by atoms with Crippen molar-refractivity contribution in [1.82, 2.24) is 5.01 Å². The maximum absolute atomic E-state index is 12.6. The van der Waals surface area contributed by atoms with Gasteiger partial charge in [-0.2, -0.15) is 5.01 Å². The van der Waals surface area contributed by atoms with Crippen LogP contribution in [0, 0.1) is 5.92 Å². The molecule has 4 nitrogen and oxygen atoms in total. The third-order valence-corrected chi connectivity index (χ3v) is 4.12. The van der Waals surface area contributed by atoms with E-state index in [-0.39, 0.29) is 24.0 Å². The van der Waals surface area contributed by atoms with Gasteiger partial charge in [-0.25, -0.2) is 0 Å². The Bertz CT molecular complexity index is 617. The predicted molar refractivity (Wildman–Crippen MR) is 103 cm³/mol. The first-order valence-electron chi connectivity index (χ1n) is 8.73. The van der Waals surface area contributed by atoms with Crippen LogP contribution in [0.4, 0.5) is 11.4 Å². The summed E-state index contributed by atoms with van der Waals surface area (Å²) in [5.74, 6) is -0.120. The number of nitrogens with zero attached hydrogens (tertiary/aromatic N) is 2. The zero-order valence-corrected chi connectivity index (χ0v) is 15.7. The average Bonchev–Trinajstić information content (AvgIpc) is 2.62. The van der Waals surface area contributed by atoms with Gasteiger partial charge in [-0.15, -0.1) is 0 Å². The van der Waals surface area contributed by atoms with E-state index in [4.69, 9.17) is 4.74 Å². The quantitative estimate of drug-likeness (QED) is 0.543. The summed E-state index contributed by atoms with van der Waals surface area (Å²) in [7, 11) is 1.45. The van der Waals surface area contributed by atoms with Crippen LogP contribution in [0.5, 0.6) is 0 Å². The fourth-order valence-corrected chi connectivity index (χ4v) is 3.04. The maximum Gasteiger partial charge on any atom is 0.325 e. The van der Waals surface area contributed by atoms with Crippen molar-refractivity contribution in [3.8, 4) is 0 Å². The Hall–Kier alpha value is -2.33. The Morgan fingerprint density at radius 3 is 1.60 bits per heavy atom. The zero-order valence-electron chi connectivity index (χ0n) is 15.7. The number of carbonyl (C=O) groups is 1. The van der Waals surface area contributed by atoms with Gasteiger partial charge in [0.05, 0.1) is 18.5 Å². The van der Waals surface area contributed by atoms with Crippen molar-refractivity contribution in [2.24, 2.45) is 5.92 Å². The number of para-hydroxylation sites is 2. The van der Waals surface area contributed by atoms with Crippen molar-refractivity contribution in [3.05, 3.63) is 60.7 Å². The lowest BCUT2D eigenvalue weighted by molar-refractivity contribution is -0.149. The third kappa shape index (κ3) is 4.40. The molecule has 0 N–H and O–H groups in total. The molecule has 0 aromatic heterocycles. The molecule has 0 aliphatic heterocycles. The smallest absolute Gasteiger partial charge is 0.325 e. The number of hydrogen-bond acceptors (Lipinski definition) is 4. The molecule has 1 atom stereocenters. The number of hydrazine groups is 1. The molecule has 0 fully saturated rings. The Balaban J connectivity index is 2.60. The molecule has 0 heterocycles. The monoisotopic (exact) mass is 340 g/mol. The lowest BCUT2D eigenvalue weighted by Gasteiger charge is -2.44. The van der Waals surface area contributed by atoms with Crippen LogP contribution in [-0.4, -0.2) is 30.2 Å². The summed E-state index contributed by atoms with van der Waals surface area (Å²) in [6.45, 7) is 8.28. The molecule has 0 bridgehead atoms. The third-order valence-electron chi connectivity index (χ3n) is 4.12. The van der Waals surface area contributed by atoms with E-state index in [1.165, 1.54) is 7.11 Å². The molecule has 134 valence electrons. The van der Waals surface area contributed by atoms with Gasteiger partial charge >= 0.3 is 5.97 Å². The molecular weight excluding hydrogens is 312 g/mol. The van der Waals surface area contributed by atoms with E-state index < -0.39 is 0 Å². The van der Waals surface area contributed by atoms with Gasteiger partial charge < -0.3 is 4.74 Å². The van der Waals surface area contributed by atoms with Crippen LogP contribution in [0.3, 0.4) is 0 Å². The average molecular weight is 340 g/mol. The van der Waals surface area contributed by atoms with Crippen LogP contribution >= 0.6 is 0 Å². The Morgan fingerprint density at radius 2 is 1.28 bits per heavy atom. The minimum Gasteiger partial charge on any atom is -0.468 e. The minimum atomic E-state index is -0.384. The number of methoxy groups -OCH3 is 1. The van der Waals surface area contributed by atoms with Crippen LogP contribution in [0.2, 0.25) is 0 Å². The van der Waals surface area contributed by atoms with Crippen LogP contribution in [0.1, 0.15) is 27.7 Å². The maximum atomic E-state index is 12.6. The summed E-state index contributed by atoms with van der Waals surface area (Å²) in [5, 5.41) is 4.23. The van der Waals surface area contributed by atoms with Gasteiger partial charge in [-0.1, -0.05) is 50.2 Å². The molecule has 2 rings (SSSR count). The lowest BCUT2D eigenvalue weighted by atomic mass is 10.0. The molecular formula is C21H28N2O2. The van der Waals surface area contributed by atoms with E-state index in [0.29, 0.717) is 0 Å². The van der Waals surface area contributed by atoms with Crippen molar-refractivity contribution < 1.29 is 9.53 Å². The number of ether oxygens (including phenoxy) is 1. The number of esters is 1. The predicted octanol–water partition coefficient (Wildman–Crippen LogP) is 4.65. The largest absolute Gasteiger partial charge is 0.468 e. The fraction of sp³-hybridized carbons (Fsp3) is 0.381. The number of rotatable bonds is 7. The van der Waals surface area contributed by atoms with Crippen molar-refractivity contribution in [1.29, 1.82) is 0 Å². The van der Waals surface area contributed by atoms with Gasteiger partial charge in [-0.05, 0) is 44.0 Å². The molecule has 0 aliphatic rings. The highest BCUT2D eigenvalue weighted by Crippen LogP contribution is 2.31. The highest BCUT2D eigenvalue weighted by molar-refractivity contribution is 5.77. The Labute approximate surface area is 151 Å². The van der Waals surface area contributed by atoms with E-state index in [1.807, 2.05) is 50.2 Å². The van der Waals surface area contributed by atoms with Crippen molar-refractivity contribution >= 4 is 17.3 Å². The van der Waals surface area contributed by atoms with Crippen molar-refractivity contribution in [2.75, 3.05) is 12.1 Å². The van der Waals surface area contributed by atoms with Gasteiger partial charge in [0.2, 0.25) is 0 Å². The summed E-state index contributed by atoms with van der Waals surface area (Å²) in [5.41, 5.74) is 2.02. The minimum absolute atomic E-state index is 0.102. The first-order valence-corrected chi connectivity index (χ1v) is 8.73. The second-order valence-corrected chi connectivity index (χ2v) is 6.67. The normalized spacial score (nSPS) is 12.5. The van der Waals surface area contributed by atoms with Crippen molar-refractivity contribution in [3.63, 3.8) is 0 Å². The summed E-state index contributed by atoms with van der Waals surface area (Å²) >= 11 is 0. The van der Waals surface area contributed by atoms with Crippen LogP contribution < -0.4 is 5.01 Å². The van der Waals surface area contributed by atoms with Crippen molar-refractivity contribution in [2.45, 2.75) is 39.8 Å². The highest BCUT2D eigenvalue weighted by atomic mass is 16.5. The van der Waals surface area contributed by atoms with Crippen LogP contribution in [0.15, 0.2) is 60.7 Å². The molecule has 0 saturated heterocycles. The number of carbonyl (C=O) groups excluding carboxylic acids is 1. The molecule has 0 saturated carbocycles. The fourth-order valence-electron chi connectivity index (χ4n) is 3.04. The molecule has 4 heteroatoms. The van der Waals surface area contributed by atoms with E-state index in [9.17, 15) is 4.79 Å². The summed E-state index contributed by atoms with van der Waals surface area (Å²) < 4.78 is 5.12. The summed E-state index contributed by atoms with van der Waals surface area (Å²) in [6.07, 6.45) is 0. The number of hydrogen-bond donors (Lipinski definition) is 0. The molecule has 2 aromatic rings. The van der Waals surface area contributed by atoms with E-state index in [0.717, 1.165) is 11.4 Å². The molecule has 0 spiro atoms. The Morgan fingerprint density at radius 1 is 0.840 bits per heavy atom. The summed E-state index contributed by atoms with van der Waals surface area (Å²) in [4.78, 5) is 12.6. The number of anilines is 2. The summed E-state index contributed by atoms with van der Waals surface area (Å²) in [6, 6.07) is 19.9. The van der Waals surface area contributed by atoms with Crippen LogP contribution in [0.25, 0.3) is 0 Å². The lowest BCUT2D eigenvalue weighted by Crippen LogP contribution is -2.56. The van der Waals surface area contributed by atoms with E-state index in [1.54, 1.807) is 0 Å². The number of benzene rings is 2. The Kier molecular flexibility index (Phi) is 6.59. The molecule has 2 aromatic carbocycles. The SMILES string of the molecule is COC(=O)C(C(C)C)N(C(C)C)N(c1ccccc1)c1ccccc1. The first-order chi connectivity index (χ1) is 12.0. The van der Waals surface area contributed by atoms with Gasteiger partial charge in [-0.3, -0.25) is 9.80 Å². The standard InChI is InChI=1S/C21H28N2O2/c1-16(2)20(21(24)25-5)22(17(3)4)23(18-12-8-6-9-13-18)19-14-10-7-11-15-19/h6-17,20H,1-5H3. The molecule has 0 radical (unpaired) electrons. The van der Waals surface area contributed by atoms with E-state index >= 15 is 0 Å². The molecule has 25 heavy (non-hydrogen) atoms. The molecule has 0 aliphatic carbocycles. The highest BCUT2D eigenvalue weighted by Gasteiger charge is 2.36. The first kappa shape index (κ1) is 19.0. The second kappa shape index (κ2) is 8.67. The van der Waals surface area contributed by atoms with Gasteiger partial charge in [0, 0.05) is 6.04 Å². The van der Waals surface area contributed by atoms with Gasteiger partial charge in [0.15, 0.2) is 0 Å². The van der Waals surface area contributed by atoms with Gasteiger partial charge in [0.25, 0.3) is 0 Å². The van der Waals surface area contributed by atoms with Gasteiger partial charge in [0.1, 0.15) is 6.04 Å². The molecule has 1 unspecified atom stereocenters. The second-order valence-electron chi connectivity index (χ2n) is 6.67. The van der Waals surface area contributed by atoms with Crippen LogP contribution in [-0.2, 0) is 9.53 Å². The van der Waals surface area contributed by atoms with E-state index in [2.05, 4.69) is 48.1 Å². The zero-order chi connectivity index (χ0) is 18.4.